The molecule has 20 heavy (non-hydrogen) atoms. The first kappa shape index (κ1) is 14.4. The molecule has 1 heterocycles. The Kier molecular flexibility index (Phi) is 4.61. The number of fused-ring (bicyclic) bond motifs is 1. The summed E-state index contributed by atoms with van der Waals surface area (Å²) in [7, 11) is 5.69. The highest BCUT2D eigenvalue weighted by molar-refractivity contribution is 5.95. The lowest BCUT2D eigenvalue weighted by molar-refractivity contribution is -0.473. The molecule has 0 bridgehead atoms. The number of hydrogen-bond acceptors (Lipinski definition) is 2. The summed E-state index contributed by atoms with van der Waals surface area (Å²) in [6.07, 6.45) is 5.62. The summed E-state index contributed by atoms with van der Waals surface area (Å²) in [6, 6.07) is 8.27. The number of nitrogens with zero attached hydrogens (tertiary/aromatic N) is 1. The van der Waals surface area contributed by atoms with Crippen LogP contribution >= 0.6 is 0 Å². The molecule has 0 fully saturated rings. The van der Waals surface area contributed by atoms with E-state index in [1.165, 1.54) is 5.56 Å². The van der Waals surface area contributed by atoms with E-state index in [-0.39, 0.29) is 6.10 Å². The van der Waals surface area contributed by atoms with Crippen molar-refractivity contribution in [2.24, 2.45) is 0 Å². The maximum absolute atomic E-state index is 6.07. The Morgan fingerprint density at radius 3 is 2.80 bits per heavy atom. The summed E-state index contributed by atoms with van der Waals surface area (Å²) in [5.74, 6) is 1.84. The highest BCUT2D eigenvalue weighted by Crippen LogP contribution is 2.33. The molecule has 1 aromatic carbocycles. The zero-order chi connectivity index (χ0) is 14.5. The molecule has 3 heteroatoms. The molecule has 3 nitrogen and oxygen atoms in total. The van der Waals surface area contributed by atoms with Gasteiger partial charge in [-0.25, -0.2) is 4.58 Å². The zero-order valence-electron chi connectivity index (χ0n) is 12.4. The van der Waals surface area contributed by atoms with Gasteiger partial charge in [-0.2, -0.15) is 0 Å². The molecule has 0 radical (unpaired) electrons. The molecule has 1 atom stereocenters. The van der Waals surface area contributed by atoms with E-state index in [0.717, 1.165) is 30.1 Å². The van der Waals surface area contributed by atoms with Crippen LogP contribution in [-0.2, 0) is 9.47 Å². The largest absolute Gasteiger partial charge is 0.501 e. The van der Waals surface area contributed by atoms with Crippen LogP contribution in [-0.4, -0.2) is 31.7 Å². The Bertz CT molecular complexity index is 554. The lowest BCUT2D eigenvalue weighted by Gasteiger charge is -2.09. The van der Waals surface area contributed by atoms with Gasteiger partial charge in [0.25, 0.3) is 0 Å². The Balaban J connectivity index is 2.33. The van der Waals surface area contributed by atoms with Gasteiger partial charge in [-0.1, -0.05) is 24.3 Å². The van der Waals surface area contributed by atoms with Crippen LogP contribution in [0.2, 0.25) is 0 Å². The van der Waals surface area contributed by atoms with E-state index < -0.39 is 0 Å². The van der Waals surface area contributed by atoms with Gasteiger partial charge < -0.3 is 9.47 Å². The third kappa shape index (κ3) is 2.93. The smallest absolute Gasteiger partial charge is 0.370 e. The van der Waals surface area contributed by atoms with Gasteiger partial charge in [-0.3, -0.25) is 0 Å². The van der Waals surface area contributed by atoms with Crippen molar-refractivity contribution < 1.29 is 14.0 Å². The fraction of sp³-hybridized carbons (Fsp3) is 0.353. The summed E-state index contributed by atoms with van der Waals surface area (Å²) in [5.41, 5.74) is 2.34. The molecule has 106 valence electrons. The number of ether oxygens (including phenoxy) is 2. The summed E-state index contributed by atoms with van der Waals surface area (Å²) in [4.78, 5) is 0. The van der Waals surface area contributed by atoms with Crippen molar-refractivity contribution in [2.75, 3.05) is 21.2 Å². The molecule has 1 aliphatic rings. The minimum atomic E-state index is -0.0802. The van der Waals surface area contributed by atoms with Gasteiger partial charge in [0, 0.05) is 12.0 Å². The maximum atomic E-state index is 6.07. The summed E-state index contributed by atoms with van der Waals surface area (Å²) in [6.45, 7) is 3.75. The molecule has 0 saturated heterocycles. The van der Waals surface area contributed by atoms with Crippen molar-refractivity contribution in [3.8, 4) is 0 Å². The molecule has 0 N–H and O–H groups in total. The third-order valence-corrected chi connectivity index (χ3v) is 3.34. The molecule has 0 aromatic heterocycles. The summed E-state index contributed by atoms with van der Waals surface area (Å²) >= 11 is 0. The van der Waals surface area contributed by atoms with Crippen molar-refractivity contribution >= 4 is 5.90 Å². The first-order chi connectivity index (χ1) is 9.67. The van der Waals surface area contributed by atoms with Gasteiger partial charge in [-0.05, 0) is 18.6 Å². The van der Waals surface area contributed by atoms with Crippen LogP contribution in [0.25, 0.3) is 0 Å². The molecule has 0 aliphatic carbocycles. The van der Waals surface area contributed by atoms with Crippen LogP contribution in [0.1, 0.15) is 30.1 Å². The fourth-order valence-electron chi connectivity index (χ4n) is 2.32. The highest BCUT2D eigenvalue weighted by atomic mass is 16.5. The Morgan fingerprint density at radius 2 is 2.15 bits per heavy atom. The Labute approximate surface area is 120 Å². The minimum Gasteiger partial charge on any atom is -0.501 e. The SMILES string of the molecule is C=CCC/C(=C\C1OC(=[N+](C)C)c2ccccc21)OC. The summed E-state index contributed by atoms with van der Waals surface area (Å²) in [5, 5.41) is 0. The Morgan fingerprint density at radius 1 is 1.40 bits per heavy atom. The lowest BCUT2D eigenvalue weighted by atomic mass is 10.0. The van der Waals surface area contributed by atoms with E-state index in [1.54, 1.807) is 7.11 Å². The van der Waals surface area contributed by atoms with Crippen molar-refractivity contribution in [2.45, 2.75) is 18.9 Å². The standard InChI is InChI=1S/C17H22NO2/c1-5-6-9-13(19-4)12-16-14-10-7-8-11-15(14)17(20-16)18(2)3/h5,7-8,10-12,16H,1,6,9H2,2-4H3/q+1/b13-12+. The first-order valence-electron chi connectivity index (χ1n) is 6.83. The molecule has 1 aromatic rings. The second-order valence-electron chi connectivity index (χ2n) is 4.99. The van der Waals surface area contributed by atoms with E-state index in [9.17, 15) is 0 Å². The number of rotatable bonds is 5. The second kappa shape index (κ2) is 6.42. The quantitative estimate of drug-likeness (QED) is 0.466. The molecule has 0 spiro atoms. The molecule has 0 amide bonds. The average Bonchev–Trinajstić information content (AvgIpc) is 2.82. The second-order valence-corrected chi connectivity index (χ2v) is 4.99. The number of allylic oxidation sites excluding steroid dienone is 2. The lowest BCUT2D eigenvalue weighted by Crippen LogP contribution is -2.13. The van der Waals surface area contributed by atoms with Crippen LogP contribution in [0.5, 0.6) is 0 Å². The van der Waals surface area contributed by atoms with E-state index in [0.29, 0.717) is 0 Å². The van der Waals surface area contributed by atoms with E-state index in [4.69, 9.17) is 9.47 Å². The Hall–Kier alpha value is -2.03. The third-order valence-electron chi connectivity index (χ3n) is 3.34. The van der Waals surface area contributed by atoms with Crippen LogP contribution in [0.15, 0.2) is 48.8 Å². The van der Waals surface area contributed by atoms with Gasteiger partial charge in [0.2, 0.25) is 0 Å². The van der Waals surface area contributed by atoms with E-state index >= 15 is 0 Å². The van der Waals surface area contributed by atoms with Gasteiger partial charge in [0.1, 0.15) is 14.1 Å². The van der Waals surface area contributed by atoms with Crippen molar-refractivity contribution in [3.63, 3.8) is 0 Å². The number of hydrogen-bond donors (Lipinski definition) is 0. The predicted molar refractivity (Wildman–Crippen MR) is 81.0 cm³/mol. The van der Waals surface area contributed by atoms with Crippen LogP contribution < -0.4 is 0 Å². The van der Waals surface area contributed by atoms with Gasteiger partial charge in [-0.15, -0.1) is 6.58 Å². The molecule has 1 aliphatic heterocycles. The first-order valence-corrected chi connectivity index (χ1v) is 6.83. The van der Waals surface area contributed by atoms with Crippen molar-refractivity contribution in [1.82, 2.24) is 0 Å². The fourth-order valence-corrected chi connectivity index (χ4v) is 2.32. The van der Waals surface area contributed by atoms with E-state index in [2.05, 4.69) is 24.8 Å². The topological polar surface area (TPSA) is 21.5 Å². The molecule has 2 rings (SSSR count). The maximum Gasteiger partial charge on any atom is 0.370 e. The highest BCUT2D eigenvalue weighted by Gasteiger charge is 2.32. The molecule has 0 saturated carbocycles. The van der Waals surface area contributed by atoms with Gasteiger partial charge in [0.05, 0.1) is 18.4 Å². The predicted octanol–water partition coefficient (Wildman–Crippen LogP) is 3.27. The average molecular weight is 272 g/mol. The molecule has 1 unspecified atom stereocenters. The number of benzene rings is 1. The van der Waals surface area contributed by atoms with Crippen LogP contribution in [0.3, 0.4) is 0 Å². The van der Waals surface area contributed by atoms with Crippen LogP contribution in [0, 0.1) is 0 Å². The van der Waals surface area contributed by atoms with E-state index in [1.807, 2.05) is 36.9 Å². The van der Waals surface area contributed by atoms with Gasteiger partial charge >= 0.3 is 5.90 Å². The number of methoxy groups -OCH3 is 1. The molecular weight excluding hydrogens is 250 g/mol. The summed E-state index contributed by atoms with van der Waals surface area (Å²) < 4.78 is 13.5. The van der Waals surface area contributed by atoms with Gasteiger partial charge in [0.15, 0.2) is 6.10 Å². The normalized spacial score (nSPS) is 17.4. The zero-order valence-corrected chi connectivity index (χ0v) is 12.4. The van der Waals surface area contributed by atoms with Crippen LogP contribution in [0.4, 0.5) is 0 Å². The monoisotopic (exact) mass is 272 g/mol. The van der Waals surface area contributed by atoms with Crippen molar-refractivity contribution in [3.05, 3.63) is 59.9 Å². The minimum absolute atomic E-state index is 0.0802. The molecular formula is C17H22NO2+. The van der Waals surface area contributed by atoms with Crippen molar-refractivity contribution in [1.29, 1.82) is 0 Å².